The summed E-state index contributed by atoms with van der Waals surface area (Å²) in [5.74, 6) is 0.714. The average Bonchev–Trinajstić information content (AvgIpc) is 2.78. The van der Waals surface area contributed by atoms with Crippen LogP contribution < -0.4 is 5.73 Å². The summed E-state index contributed by atoms with van der Waals surface area (Å²) >= 11 is 0. The molecule has 3 nitrogen and oxygen atoms in total. The number of hydrogen-bond donors (Lipinski definition) is 1. The Bertz CT molecular complexity index is 180. The maximum atomic E-state index is 5.71. The van der Waals surface area contributed by atoms with Crippen molar-refractivity contribution >= 4 is 0 Å². The summed E-state index contributed by atoms with van der Waals surface area (Å²) in [6.07, 6.45) is 4.25. The molecule has 3 atom stereocenters. The van der Waals surface area contributed by atoms with Crippen molar-refractivity contribution in [1.82, 2.24) is 4.90 Å². The lowest BCUT2D eigenvalue weighted by atomic mass is 10.1. The predicted octanol–water partition coefficient (Wildman–Crippen LogP) is 0.834. The van der Waals surface area contributed by atoms with Gasteiger partial charge in [-0.2, -0.15) is 0 Å². The zero-order chi connectivity index (χ0) is 9.97. The Balaban J connectivity index is 1.79. The maximum Gasteiger partial charge on any atom is 0.0702 e. The largest absolute Gasteiger partial charge is 0.377 e. The quantitative estimate of drug-likeness (QED) is 0.730. The molecule has 0 radical (unpaired) electrons. The maximum absolute atomic E-state index is 5.71. The van der Waals surface area contributed by atoms with Gasteiger partial charge in [0.05, 0.1) is 6.10 Å². The van der Waals surface area contributed by atoms with Crippen LogP contribution in [-0.2, 0) is 4.74 Å². The molecule has 0 bridgehead atoms. The highest BCUT2D eigenvalue weighted by Gasteiger charge is 2.30. The van der Waals surface area contributed by atoms with E-state index >= 15 is 0 Å². The van der Waals surface area contributed by atoms with Crippen LogP contribution in [0.4, 0.5) is 0 Å². The molecule has 0 aromatic rings. The molecular formula is C11H22N2O. The minimum atomic E-state index is 0.494. The Morgan fingerprint density at radius 2 is 2.36 bits per heavy atom. The molecule has 2 heterocycles. The van der Waals surface area contributed by atoms with Crippen molar-refractivity contribution in [2.75, 3.05) is 26.2 Å². The monoisotopic (exact) mass is 198 g/mol. The summed E-state index contributed by atoms with van der Waals surface area (Å²) in [6.45, 7) is 6.42. The van der Waals surface area contributed by atoms with Crippen molar-refractivity contribution in [1.29, 1.82) is 0 Å². The van der Waals surface area contributed by atoms with Gasteiger partial charge in [-0.25, -0.2) is 0 Å². The number of nitrogens with zero attached hydrogens (tertiary/aromatic N) is 1. The molecule has 0 spiro atoms. The van der Waals surface area contributed by atoms with Crippen molar-refractivity contribution in [3.8, 4) is 0 Å². The summed E-state index contributed by atoms with van der Waals surface area (Å²) < 4.78 is 5.66. The molecule has 14 heavy (non-hydrogen) atoms. The smallest absolute Gasteiger partial charge is 0.0702 e. The van der Waals surface area contributed by atoms with Crippen LogP contribution in [-0.4, -0.2) is 43.3 Å². The molecule has 0 aliphatic carbocycles. The first kappa shape index (κ1) is 10.4. The van der Waals surface area contributed by atoms with E-state index in [9.17, 15) is 0 Å². The summed E-state index contributed by atoms with van der Waals surface area (Å²) in [4.78, 5) is 2.55. The minimum absolute atomic E-state index is 0.494. The van der Waals surface area contributed by atoms with Crippen LogP contribution in [0.1, 0.15) is 26.2 Å². The molecule has 3 heteroatoms. The topological polar surface area (TPSA) is 38.5 Å². The second-order valence-corrected chi connectivity index (χ2v) is 4.78. The number of ether oxygens (including phenoxy) is 1. The van der Waals surface area contributed by atoms with Gasteiger partial charge in [0.2, 0.25) is 0 Å². The number of likely N-dealkylation sites (tertiary alicyclic amines) is 1. The van der Waals surface area contributed by atoms with Crippen LogP contribution in [0.3, 0.4) is 0 Å². The van der Waals surface area contributed by atoms with E-state index in [0.717, 1.165) is 19.7 Å². The van der Waals surface area contributed by atoms with E-state index in [1.807, 2.05) is 0 Å². The van der Waals surface area contributed by atoms with Crippen molar-refractivity contribution in [3.05, 3.63) is 0 Å². The second-order valence-electron chi connectivity index (χ2n) is 4.78. The van der Waals surface area contributed by atoms with Crippen LogP contribution in [0.5, 0.6) is 0 Å². The molecule has 0 aromatic carbocycles. The molecule has 2 N–H and O–H groups in total. The Kier molecular flexibility index (Phi) is 3.42. The van der Waals surface area contributed by atoms with Gasteiger partial charge in [-0.3, -0.25) is 4.90 Å². The highest BCUT2D eigenvalue weighted by atomic mass is 16.5. The molecule has 2 fully saturated rings. The molecule has 2 saturated heterocycles. The second kappa shape index (κ2) is 4.60. The third-order valence-electron chi connectivity index (χ3n) is 3.59. The van der Waals surface area contributed by atoms with Crippen LogP contribution >= 0.6 is 0 Å². The van der Waals surface area contributed by atoms with Gasteiger partial charge in [0.15, 0.2) is 0 Å². The van der Waals surface area contributed by atoms with Crippen LogP contribution in [0.15, 0.2) is 0 Å². The molecule has 0 amide bonds. The number of rotatable bonds is 3. The Labute approximate surface area is 86.6 Å². The van der Waals surface area contributed by atoms with Crippen molar-refractivity contribution in [2.24, 2.45) is 11.7 Å². The van der Waals surface area contributed by atoms with Crippen LogP contribution in [0.2, 0.25) is 0 Å². The lowest BCUT2D eigenvalue weighted by molar-refractivity contribution is 0.0704. The molecular weight excluding hydrogens is 176 g/mol. The van der Waals surface area contributed by atoms with Gasteiger partial charge < -0.3 is 10.5 Å². The fourth-order valence-electron chi connectivity index (χ4n) is 2.69. The number of hydrogen-bond acceptors (Lipinski definition) is 3. The summed E-state index contributed by atoms with van der Waals surface area (Å²) in [5.41, 5.74) is 5.71. The Morgan fingerprint density at radius 1 is 1.50 bits per heavy atom. The number of nitrogens with two attached hydrogens (primary N) is 1. The van der Waals surface area contributed by atoms with E-state index in [0.29, 0.717) is 18.1 Å². The zero-order valence-electron chi connectivity index (χ0n) is 9.11. The van der Waals surface area contributed by atoms with Crippen molar-refractivity contribution in [3.63, 3.8) is 0 Å². The highest BCUT2D eigenvalue weighted by molar-refractivity contribution is 4.85. The first-order valence-corrected chi connectivity index (χ1v) is 5.85. The lowest BCUT2D eigenvalue weighted by Gasteiger charge is -2.24. The third-order valence-corrected chi connectivity index (χ3v) is 3.59. The van der Waals surface area contributed by atoms with Gasteiger partial charge in [-0.1, -0.05) is 0 Å². The van der Waals surface area contributed by atoms with E-state index < -0.39 is 0 Å². The zero-order valence-corrected chi connectivity index (χ0v) is 9.11. The van der Waals surface area contributed by atoms with Gasteiger partial charge >= 0.3 is 0 Å². The molecule has 2 rings (SSSR count). The first-order chi connectivity index (χ1) is 6.79. The van der Waals surface area contributed by atoms with Gasteiger partial charge in [0.25, 0.3) is 0 Å². The summed E-state index contributed by atoms with van der Waals surface area (Å²) in [6, 6.07) is 0.702. The Morgan fingerprint density at radius 3 is 2.93 bits per heavy atom. The first-order valence-electron chi connectivity index (χ1n) is 5.85. The molecule has 0 aromatic heterocycles. The van der Waals surface area contributed by atoms with E-state index in [-0.39, 0.29) is 0 Å². The fourth-order valence-corrected chi connectivity index (χ4v) is 2.69. The standard InChI is InChI=1S/C11H22N2O/c1-9-5-10(6-12)7-13(9)8-11-3-2-4-14-11/h9-11H,2-8,12H2,1H3. The SMILES string of the molecule is CC1CC(CN)CN1CC1CCCO1. The normalized spacial score (nSPS) is 39.4. The van der Waals surface area contributed by atoms with Gasteiger partial charge in [0.1, 0.15) is 0 Å². The van der Waals surface area contributed by atoms with Gasteiger partial charge in [-0.15, -0.1) is 0 Å². The fraction of sp³-hybridized carbons (Fsp3) is 1.00. The molecule has 3 unspecified atom stereocenters. The average molecular weight is 198 g/mol. The van der Waals surface area contributed by atoms with E-state index in [4.69, 9.17) is 10.5 Å². The van der Waals surface area contributed by atoms with Gasteiger partial charge in [0, 0.05) is 25.7 Å². The molecule has 0 saturated carbocycles. The summed E-state index contributed by atoms with van der Waals surface area (Å²) in [5, 5.41) is 0. The summed E-state index contributed by atoms with van der Waals surface area (Å²) in [7, 11) is 0. The van der Waals surface area contributed by atoms with E-state index in [1.165, 1.54) is 25.8 Å². The van der Waals surface area contributed by atoms with Gasteiger partial charge in [-0.05, 0) is 38.6 Å². The Hall–Kier alpha value is -0.120. The van der Waals surface area contributed by atoms with Crippen molar-refractivity contribution in [2.45, 2.75) is 38.3 Å². The van der Waals surface area contributed by atoms with Crippen molar-refractivity contribution < 1.29 is 4.74 Å². The van der Waals surface area contributed by atoms with E-state index in [1.54, 1.807) is 0 Å². The molecule has 2 aliphatic heterocycles. The lowest BCUT2D eigenvalue weighted by Crippen LogP contribution is -2.35. The highest BCUT2D eigenvalue weighted by Crippen LogP contribution is 2.24. The predicted molar refractivity (Wildman–Crippen MR) is 57.2 cm³/mol. The van der Waals surface area contributed by atoms with E-state index in [2.05, 4.69) is 11.8 Å². The molecule has 2 aliphatic rings. The van der Waals surface area contributed by atoms with Crippen LogP contribution in [0.25, 0.3) is 0 Å². The minimum Gasteiger partial charge on any atom is -0.377 e. The molecule has 82 valence electrons. The van der Waals surface area contributed by atoms with Crippen LogP contribution in [0, 0.1) is 5.92 Å². The third kappa shape index (κ3) is 2.27.